The predicted molar refractivity (Wildman–Crippen MR) is 318 cm³/mol. The normalized spacial score (nSPS) is 17.0. The van der Waals surface area contributed by atoms with E-state index in [1.165, 1.54) is 0 Å². The van der Waals surface area contributed by atoms with Gasteiger partial charge in [0.05, 0.1) is 0 Å². The van der Waals surface area contributed by atoms with Gasteiger partial charge < -0.3 is 37.9 Å². The maximum atomic E-state index is 13.4. The monoisotopic (exact) mass is 1150 g/mol. The highest BCUT2D eigenvalue weighted by molar-refractivity contribution is 6.34. The summed E-state index contributed by atoms with van der Waals surface area (Å²) in [5.74, 6) is -2.04. The van der Waals surface area contributed by atoms with Crippen LogP contribution in [0.3, 0.4) is 0 Å². The number of hydrogen-bond acceptors (Lipinski definition) is 14. The lowest BCUT2D eigenvalue weighted by Crippen LogP contribution is -2.27. The first-order valence-electron chi connectivity index (χ1n) is 31.9. The lowest BCUT2D eigenvalue weighted by Gasteiger charge is -2.26. The molecule has 84 heavy (non-hydrogen) atoms. The molecule has 0 spiro atoms. The second-order valence-corrected chi connectivity index (χ2v) is 23.7. The second kappa shape index (κ2) is 33.7. The van der Waals surface area contributed by atoms with Gasteiger partial charge in [0, 0.05) is 24.7 Å². The van der Waals surface area contributed by atoms with Gasteiger partial charge in [-0.1, -0.05) is 153 Å². The molecule has 4 aliphatic rings. The van der Waals surface area contributed by atoms with E-state index in [9.17, 15) is 28.8 Å². The van der Waals surface area contributed by atoms with Gasteiger partial charge in [-0.3, -0.25) is 9.59 Å². The van der Waals surface area contributed by atoms with E-state index in [-0.39, 0.29) is 50.1 Å². The van der Waals surface area contributed by atoms with Crippen LogP contribution in [0.1, 0.15) is 239 Å². The fourth-order valence-corrected chi connectivity index (χ4v) is 12.4. The van der Waals surface area contributed by atoms with Crippen molar-refractivity contribution in [2.75, 3.05) is 0 Å². The van der Waals surface area contributed by atoms with Crippen LogP contribution in [-0.2, 0) is 74.1 Å². The topological polar surface area (TPSA) is 176 Å². The minimum Gasteiger partial charge on any atom is -0.455 e. The van der Waals surface area contributed by atoms with Crippen LogP contribution in [0, 0.1) is 11.8 Å². The first kappa shape index (κ1) is 63.3. The average Bonchev–Trinajstić information content (AvgIpc) is 3.65. The van der Waals surface area contributed by atoms with Gasteiger partial charge in [-0.05, 0) is 158 Å². The number of ketones is 2. The number of rotatable bonds is 30. The van der Waals surface area contributed by atoms with Crippen LogP contribution in [0.2, 0.25) is 0 Å². The van der Waals surface area contributed by atoms with Gasteiger partial charge >= 0.3 is 23.9 Å². The molecular weight excluding hydrogens is 1060 g/mol. The third kappa shape index (κ3) is 19.7. The number of esters is 4. The van der Waals surface area contributed by atoms with E-state index in [0.717, 1.165) is 200 Å². The van der Waals surface area contributed by atoms with Crippen LogP contribution >= 0.6 is 0 Å². The molecule has 2 unspecified atom stereocenters. The molecular formula is C70H90O14. The highest BCUT2D eigenvalue weighted by Crippen LogP contribution is 2.39. The zero-order chi connectivity index (χ0) is 58.9. The number of hydrogen-bond donors (Lipinski definition) is 0. The van der Waals surface area contributed by atoms with Crippen LogP contribution in [0.25, 0.3) is 0 Å². The molecule has 0 aromatic heterocycles. The summed E-state index contributed by atoms with van der Waals surface area (Å²) in [4.78, 5) is 77.3. The maximum absolute atomic E-state index is 13.4. The van der Waals surface area contributed by atoms with Crippen LogP contribution in [0.4, 0.5) is 0 Å². The molecule has 0 bridgehead atoms. The van der Waals surface area contributed by atoms with E-state index in [0.29, 0.717) is 35.8 Å². The Hall–Kier alpha value is -6.70. The summed E-state index contributed by atoms with van der Waals surface area (Å²) < 4.78 is 48.3. The molecule has 0 N–H and O–H groups in total. The van der Waals surface area contributed by atoms with Crippen molar-refractivity contribution in [3.63, 3.8) is 0 Å². The summed E-state index contributed by atoms with van der Waals surface area (Å²) in [6.45, 7) is 4.10. The Morgan fingerprint density at radius 2 is 0.690 bits per heavy atom. The van der Waals surface area contributed by atoms with Gasteiger partial charge in [-0.2, -0.15) is 0 Å². The summed E-state index contributed by atoms with van der Waals surface area (Å²) in [7, 11) is 0. The Morgan fingerprint density at radius 3 is 1.05 bits per heavy atom. The van der Waals surface area contributed by atoms with Gasteiger partial charge in [0.1, 0.15) is 49.4 Å². The lowest BCUT2D eigenvalue weighted by molar-refractivity contribution is -0.169. The van der Waals surface area contributed by atoms with Gasteiger partial charge in [-0.25, -0.2) is 19.2 Å². The molecule has 0 saturated heterocycles. The number of benzene rings is 4. The maximum Gasteiger partial charge on any atom is 0.417 e. The van der Waals surface area contributed by atoms with E-state index in [1.807, 2.05) is 84.9 Å². The predicted octanol–water partition coefficient (Wildman–Crippen LogP) is 15.7. The van der Waals surface area contributed by atoms with Crippen LogP contribution < -0.4 is 18.9 Å². The summed E-state index contributed by atoms with van der Waals surface area (Å²) in [6.07, 6.45) is 25.7. The minimum atomic E-state index is -1.06. The molecule has 4 aliphatic carbocycles. The van der Waals surface area contributed by atoms with Crippen molar-refractivity contribution >= 4 is 35.4 Å². The van der Waals surface area contributed by atoms with E-state index < -0.39 is 48.0 Å². The number of Topliss-reactive ketones (excluding diaryl/α,β-unsaturated/α-hetero) is 2. The molecule has 454 valence electrons. The van der Waals surface area contributed by atoms with Crippen LogP contribution in [0.5, 0.6) is 23.0 Å². The summed E-state index contributed by atoms with van der Waals surface area (Å²) in [5, 5.41) is 0. The van der Waals surface area contributed by atoms with Gasteiger partial charge in [0.25, 0.3) is 0 Å². The van der Waals surface area contributed by atoms with Gasteiger partial charge in [0.2, 0.25) is 24.1 Å². The van der Waals surface area contributed by atoms with Crippen molar-refractivity contribution < 1.29 is 66.7 Å². The Kier molecular flexibility index (Phi) is 25.4. The first-order valence-corrected chi connectivity index (χ1v) is 31.9. The number of carbonyl (C=O) groups is 6. The van der Waals surface area contributed by atoms with Gasteiger partial charge in [-0.15, -0.1) is 0 Å². The van der Waals surface area contributed by atoms with E-state index >= 15 is 0 Å². The van der Waals surface area contributed by atoms with Crippen molar-refractivity contribution in [2.24, 2.45) is 11.8 Å². The molecule has 4 saturated carbocycles. The smallest absolute Gasteiger partial charge is 0.417 e. The zero-order valence-corrected chi connectivity index (χ0v) is 49.9. The molecule has 14 nitrogen and oxygen atoms in total. The summed E-state index contributed by atoms with van der Waals surface area (Å²) >= 11 is 0. The average molecular weight is 1160 g/mol. The van der Waals surface area contributed by atoms with E-state index in [1.54, 1.807) is 0 Å². The number of ether oxygens (including phenoxy) is 8. The van der Waals surface area contributed by atoms with Crippen molar-refractivity contribution in [3.05, 3.63) is 118 Å². The molecule has 4 fully saturated rings. The fourth-order valence-electron chi connectivity index (χ4n) is 12.4. The second-order valence-electron chi connectivity index (χ2n) is 23.7. The fraction of sp³-hybridized carbons (Fsp3) is 0.571. The molecule has 0 aliphatic heterocycles. The highest BCUT2D eigenvalue weighted by atomic mass is 16.7. The first-order chi connectivity index (χ1) is 41.0. The van der Waals surface area contributed by atoms with Crippen molar-refractivity contribution in [1.29, 1.82) is 0 Å². The quantitative estimate of drug-likeness (QED) is 0.0158. The minimum absolute atomic E-state index is 0.00176. The van der Waals surface area contributed by atoms with E-state index in [2.05, 4.69) is 13.8 Å². The highest BCUT2D eigenvalue weighted by Gasteiger charge is 2.31. The van der Waals surface area contributed by atoms with Crippen molar-refractivity contribution in [1.82, 2.24) is 0 Å². The molecule has 14 heteroatoms. The van der Waals surface area contributed by atoms with Crippen LogP contribution in [0.15, 0.2) is 84.9 Å². The van der Waals surface area contributed by atoms with Crippen LogP contribution in [-0.4, -0.2) is 48.0 Å². The molecule has 4 aromatic rings. The summed E-state index contributed by atoms with van der Waals surface area (Å²) in [6, 6.07) is 26.2. The Morgan fingerprint density at radius 1 is 0.369 bits per heavy atom. The Labute approximate surface area is 497 Å². The number of unbranched alkanes of at least 4 members (excludes halogenated alkanes) is 4. The molecule has 0 amide bonds. The third-order valence-corrected chi connectivity index (χ3v) is 17.3. The zero-order valence-electron chi connectivity index (χ0n) is 49.9. The molecule has 2 atom stereocenters. The van der Waals surface area contributed by atoms with Gasteiger partial charge in [0.15, 0.2) is 0 Å². The van der Waals surface area contributed by atoms with Crippen molar-refractivity contribution in [2.45, 2.75) is 244 Å². The summed E-state index contributed by atoms with van der Waals surface area (Å²) in [5.41, 5.74) is 5.16. The largest absolute Gasteiger partial charge is 0.455 e. The number of carbonyl (C=O) groups excluding carboxylic acids is 6. The molecule has 0 radical (unpaired) electrons. The van der Waals surface area contributed by atoms with E-state index in [4.69, 9.17) is 37.9 Å². The Balaban J connectivity index is 0.868. The molecule has 4 aromatic carbocycles. The molecule has 0 heterocycles. The SMILES string of the molecule is CCCCCC(Oc1ccc(COC(=O)C(=O)C2CCCCC2)cc1)Oc1ccc(COC(=O)C(=O)OCc2ccc(OC(CCCCC)Oc3ccc(COC(=O)C(=O)C4CCCCC4)cc3)cc2C2CCCCC2)c(C2CCCCC2)c1. The standard InChI is InChI=1S/C70H90O14/c1-3-5-11-29-63(81-57-37-31-49(32-38-57)45-77-67(73)65(71)53-25-17-9-18-26-53)83-59-41-35-55(61(43-59)51-21-13-7-14-22-51)47-79-69(75)70(76)80-48-56-36-42-60(44-62(56)52-23-15-8-16-24-52)84-64(30-12-6-4-2)82-58-39-33-50(34-40-58)46-78-68(74)66(72)54-27-19-10-20-28-54/h31-44,51-54,63-64H,3-30,45-48H2,1-2H3. The third-order valence-electron chi connectivity index (χ3n) is 17.3. The molecule has 8 rings (SSSR count). The lowest BCUT2D eigenvalue weighted by atomic mass is 9.82. The Bertz CT molecular complexity index is 2540. The van der Waals surface area contributed by atoms with Crippen molar-refractivity contribution in [3.8, 4) is 23.0 Å².